The van der Waals surface area contributed by atoms with Crippen LogP contribution in [0.3, 0.4) is 0 Å². The molecule has 1 atom stereocenters. The Kier molecular flexibility index (Phi) is 4.87. The quantitative estimate of drug-likeness (QED) is 0.878. The van der Waals surface area contributed by atoms with Gasteiger partial charge in [0.25, 0.3) is 0 Å². The number of nitrogens with two attached hydrogens (primary N) is 1. The Morgan fingerprint density at radius 2 is 2.26 bits per heavy atom. The van der Waals surface area contributed by atoms with E-state index in [-0.39, 0.29) is 0 Å². The van der Waals surface area contributed by atoms with Crippen LogP contribution in [0.1, 0.15) is 36.1 Å². The fraction of sp³-hybridized carbons (Fsp3) is 0.500. The number of fused-ring (bicyclic) bond motifs is 1. The van der Waals surface area contributed by atoms with Crippen LogP contribution in [-0.2, 0) is 6.42 Å². The van der Waals surface area contributed by atoms with E-state index in [1.807, 2.05) is 7.05 Å². The third kappa shape index (κ3) is 3.21. The van der Waals surface area contributed by atoms with Crippen LogP contribution in [0.15, 0.2) is 18.2 Å². The van der Waals surface area contributed by atoms with E-state index >= 15 is 0 Å². The maximum Gasteiger partial charge on any atom is 0.183 e. The van der Waals surface area contributed by atoms with Crippen molar-refractivity contribution in [3.63, 3.8) is 0 Å². The topological polar surface area (TPSA) is 54.2 Å². The van der Waals surface area contributed by atoms with E-state index in [1.165, 1.54) is 28.1 Å². The highest BCUT2D eigenvalue weighted by molar-refractivity contribution is 7.16. The van der Waals surface area contributed by atoms with E-state index in [0.717, 1.165) is 30.2 Å². The second-order valence-corrected chi connectivity index (χ2v) is 7.36. The van der Waals surface area contributed by atoms with E-state index in [1.54, 1.807) is 11.3 Å². The Hall–Kier alpha value is -1.59. The SMILES string of the molecule is CNc1nc(-c2ccc3c(c2)CCCN3C)c(C(C)CCN)s1. The van der Waals surface area contributed by atoms with E-state index in [4.69, 9.17) is 10.7 Å². The molecule has 2 heterocycles. The first-order valence-corrected chi connectivity index (χ1v) is 9.18. The second-order valence-electron chi connectivity index (χ2n) is 6.33. The van der Waals surface area contributed by atoms with Crippen molar-refractivity contribution >= 4 is 22.2 Å². The van der Waals surface area contributed by atoms with Gasteiger partial charge in [0.15, 0.2) is 5.13 Å². The molecule has 1 aliphatic heterocycles. The van der Waals surface area contributed by atoms with Crippen LogP contribution >= 0.6 is 11.3 Å². The zero-order valence-corrected chi connectivity index (χ0v) is 15.0. The highest BCUT2D eigenvalue weighted by Crippen LogP contribution is 2.39. The van der Waals surface area contributed by atoms with Gasteiger partial charge in [-0.05, 0) is 49.4 Å². The first kappa shape index (κ1) is 16.3. The van der Waals surface area contributed by atoms with Crippen LogP contribution in [0, 0.1) is 0 Å². The Labute approximate surface area is 142 Å². The van der Waals surface area contributed by atoms with Crippen molar-refractivity contribution in [2.75, 3.05) is 37.4 Å². The molecule has 0 radical (unpaired) electrons. The third-order valence-electron chi connectivity index (χ3n) is 4.62. The van der Waals surface area contributed by atoms with Gasteiger partial charge in [-0.25, -0.2) is 4.98 Å². The summed E-state index contributed by atoms with van der Waals surface area (Å²) in [5.41, 5.74) is 10.9. The first-order valence-electron chi connectivity index (χ1n) is 8.37. The van der Waals surface area contributed by atoms with Crippen LogP contribution in [0.4, 0.5) is 10.8 Å². The van der Waals surface area contributed by atoms with Gasteiger partial charge >= 0.3 is 0 Å². The zero-order chi connectivity index (χ0) is 16.4. The maximum atomic E-state index is 5.76. The molecule has 0 saturated carbocycles. The molecule has 1 aromatic heterocycles. The van der Waals surface area contributed by atoms with Crippen LogP contribution in [0.2, 0.25) is 0 Å². The average molecular weight is 331 g/mol. The molecule has 5 heteroatoms. The largest absolute Gasteiger partial charge is 0.374 e. The number of nitrogens with zero attached hydrogens (tertiary/aromatic N) is 2. The summed E-state index contributed by atoms with van der Waals surface area (Å²) in [7, 11) is 4.11. The lowest BCUT2D eigenvalue weighted by molar-refractivity contribution is 0.701. The predicted molar refractivity (Wildman–Crippen MR) is 101 cm³/mol. The van der Waals surface area contributed by atoms with Crippen molar-refractivity contribution in [3.05, 3.63) is 28.6 Å². The normalized spacial score (nSPS) is 15.4. The number of anilines is 2. The van der Waals surface area contributed by atoms with Crippen molar-refractivity contribution in [2.45, 2.75) is 32.1 Å². The van der Waals surface area contributed by atoms with Gasteiger partial charge in [0, 0.05) is 36.8 Å². The lowest BCUT2D eigenvalue weighted by Gasteiger charge is -2.27. The highest BCUT2D eigenvalue weighted by Gasteiger charge is 2.20. The van der Waals surface area contributed by atoms with Gasteiger partial charge in [0.2, 0.25) is 0 Å². The fourth-order valence-electron chi connectivity index (χ4n) is 3.29. The van der Waals surface area contributed by atoms with Gasteiger partial charge in [-0.1, -0.05) is 13.0 Å². The maximum absolute atomic E-state index is 5.76. The minimum absolute atomic E-state index is 0.438. The average Bonchev–Trinajstić information content (AvgIpc) is 2.99. The molecule has 4 nitrogen and oxygen atoms in total. The van der Waals surface area contributed by atoms with E-state index in [0.29, 0.717) is 12.5 Å². The van der Waals surface area contributed by atoms with Crippen LogP contribution in [0.25, 0.3) is 11.3 Å². The minimum atomic E-state index is 0.438. The van der Waals surface area contributed by atoms with Crippen molar-refractivity contribution in [2.24, 2.45) is 5.73 Å². The molecule has 3 N–H and O–H groups in total. The van der Waals surface area contributed by atoms with E-state index in [9.17, 15) is 0 Å². The highest BCUT2D eigenvalue weighted by atomic mass is 32.1. The Balaban J connectivity index is 2.02. The summed E-state index contributed by atoms with van der Waals surface area (Å²) in [5.74, 6) is 0.438. The summed E-state index contributed by atoms with van der Waals surface area (Å²) in [4.78, 5) is 8.51. The molecule has 0 aliphatic carbocycles. The molecule has 0 fully saturated rings. The Morgan fingerprint density at radius 1 is 1.43 bits per heavy atom. The summed E-state index contributed by atoms with van der Waals surface area (Å²) >= 11 is 1.75. The van der Waals surface area contributed by atoms with Gasteiger partial charge < -0.3 is 16.0 Å². The Bertz CT molecular complexity index is 680. The van der Waals surface area contributed by atoms with Crippen molar-refractivity contribution in [1.82, 2.24) is 4.98 Å². The molecule has 0 saturated heterocycles. The predicted octanol–water partition coefficient (Wildman–Crippen LogP) is 3.69. The molecule has 2 aromatic rings. The summed E-state index contributed by atoms with van der Waals surface area (Å²) < 4.78 is 0. The summed E-state index contributed by atoms with van der Waals surface area (Å²) in [6, 6.07) is 6.80. The molecule has 1 aromatic carbocycles. The van der Waals surface area contributed by atoms with Gasteiger partial charge in [0.05, 0.1) is 5.69 Å². The van der Waals surface area contributed by atoms with E-state index < -0.39 is 0 Å². The molecular weight excluding hydrogens is 304 g/mol. The van der Waals surface area contributed by atoms with Crippen LogP contribution < -0.4 is 16.0 Å². The molecular formula is C18H26N4S. The molecule has 0 bridgehead atoms. The molecule has 0 amide bonds. The zero-order valence-electron chi connectivity index (χ0n) is 14.2. The number of rotatable bonds is 5. The number of thiazole rings is 1. The molecule has 3 rings (SSSR count). The van der Waals surface area contributed by atoms with Gasteiger partial charge in [-0.3, -0.25) is 0 Å². The van der Waals surface area contributed by atoms with Crippen molar-refractivity contribution in [3.8, 4) is 11.3 Å². The van der Waals surface area contributed by atoms with Crippen molar-refractivity contribution in [1.29, 1.82) is 0 Å². The summed E-state index contributed by atoms with van der Waals surface area (Å²) in [6.45, 7) is 4.10. The molecule has 1 aliphatic rings. The summed E-state index contributed by atoms with van der Waals surface area (Å²) in [6.07, 6.45) is 3.37. The molecule has 124 valence electrons. The molecule has 0 spiro atoms. The van der Waals surface area contributed by atoms with Gasteiger partial charge in [-0.15, -0.1) is 11.3 Å². The van der Waals surface area contributed by atoms with Crippen molar-refractivity contribution < 1.29 is 0 Å². The monoisotopic (exact) mass is 330 g/mol. The second kappa shape index (κ2) is 6.89. The lowest BCUT2D eigenvalue weighted by Crippen LogP contribution is -2.24. The standard InChI is InChI=1S/C18H26N4S/c1-12(8-9-19)17-16(21-18(20-2)23-17)14-6-7-15-13(11-14)5-4-10-22(15)3/h6-7,11-12H,4-5,8-10,19H2,1-3H3,(H,20,21). The Morgan fingerprint density at radius 3 is 3.00 bits per heavy atom. The van der Waals surface area contributed by atoms with E-state index in [2.05, 4.69) is 42.4 Å². The molecule has 23 heavy (non-hydrogen) atoms. The van der Waals surface area contributed by atoms with Gasteiger partial charge in [-0.2, -0.15) is 0 Å². The number of aryl methyl sites for hydroxylation is 1. The number of aromatic nitrogens is 1. The number of hydrogen-bond acceptors (Lipinski definition) is 5. The van der Waals surface area contributed by atoms with Crippen LogP contribution in [0.5, 0.6) is 0 Å². The smallest absolute Gasteiger partial charge is 0.183 e. The number of hydrogen-bond donors (Lipinski definition) is 2. The summed E-state index contributed by atoms with van der Waals surface area (Å²) in [5, 5.41) is 4.17. The third-order valence-corrected chi connectivity index (χ3v) is 5.92. The minimum Gasteiger partial charge on any atom is -0.374 e. The number of benzene rings is 1. The van der Waals surface area contributed by atoms with Crippen LogP contribution in [-0.4, -0.2) is 32.2 Å². The fourth-order valence-corrected chi connectivity index (χ4v) is 4.32. The first-order chi connectivity index (χ1) is 11.1. The van der Waals surface area contributed by atoms with Gasteiger partial charge in [0.1, 0.15) is 0 Å². The lowest BCUT2D eigenvalue weighted by atomic mass is 9.96. The number of nitrogens with one attached hydrogen (secondary N) is 1. The molecule has 1 unspecified atom stereocenters.